The number of aliphatic hydroxyl groups excluding tert-OH is 1. The highest BCUT2D eigenvalue weighted by Gasteiger charge is 2.60. The molecule has 0 aliphatic carbocycles. The first-order valence-electron chi connectivity index (χ1n) is 11.6. The minimum Gasteiger partial charge on any atom is -0.505 e. The summed E-state index contributed by atoms with van der Waals surface area (Å²) in [4.78, 5) is 22.1. The van der Waals surface area contributed by atoms with E-state index in [1.807, 2.05) is 6.92 Å². The Kier molecular flexibility index (Phi) is 6.60. The Hall–Kier alpha value is -3.20. The van der Waals surface area contributed by atoms with Gasteiger partial charge in [-0.2, -0.15) is 13.8 Å². The van der Waals surface area contributed by atoms with Gasteiger partial charge in [0.25, 0.3) is 0 Å². The Bertz CT molecular complexity index is 1370. The number of aromatic hydroxyl groups is 1. The van der Waals surface area contributed by atoms with Crippen LogP contribution >= 0.6 is 11.3 Å². The zero-order valence-electron chi connectivity index (χ0n) is 19.6. The lowest BCUT2D eigenvalue weighted by Crippen LogP contribution is -2.46. The Balaban J connectivity index is 1.48. The third-order valence-electron chi connectivity index (χ3n) is 6.56. The minimum absolute atomic E-state index is 0.130. The number of nitrogens with one attached hydrogen (secondary N) is 1. The lowest BCUT2D eigenvalue weighted by molar-refractivity contribution is -0.140. The predicted octanol–water partition coefficient (Wildman–Crippen LogP) is 2.10. The molecule has 2 aliphatic heterocycles. The number of ether oxygens (including phenoxy) is 1. The Labute approximate surface area is 213 Å². The number of nitrogens with two attached hydrogens (primary N) is 1. The van der Waals surface area contributed by atoms with E-state index < -0.39 is 47.7 Å². The average molecular weight is 539 g/mol. The summed E-state index contributed by atoms with van der Waals surface area (Å²) in [6.45, 7) is 2.73. The van der Waals surface area contributed by atoms with Crippen LogP contribution in [-0.4, -0.2) is 67.4 Å². The van der Waals surface area contributed by atoms with Gasteiger partial charge in [0.2, 0.25) is 6.23 Å². The third-order valence-corrected chi connectivity index (χ3v) is 7.38. The van der Waals surface area contributed by atoms with Crippen molar-refractivity contribution in [3.8, 4) is 5.75 Å². The Morgan fingerprint density at radius 1 is 1.35 bits per heavy atom. The number of rotatable bonds is 6. The molecule has 1 fully saturated rings. The van der Waals surface area contributed by atoms with Gasteiger partial charge in [0.1, 0.15) is 18.0 Å². The van der Waals surface area contributed by atoms with Crippen LogP contribution in [0.25, 0.3) is 0 Å². The maximum atomic E-state index is 15.1. The molecule has 2 aliphatic rings. The average Bonchev–Trinajstić information content (AvgIpc) is 3.38. The molecule has 0 amide bonds. The molecule has 4 atom stereocenters. The zero-order valence-corrected chi connectivity index (χ0v) is 20.5. The molecule has 5 rings (SSSR count). The summed E-state index contributed by atoms with van der Waals surface area (Å²) < 4.78 is 50.5. The van der Waals surface area contributed by atoms with Gasteiger partial charge in [-0.25, -0.2) is 14.2 Å². The summed E-state index contributed by atoms with van der Waals surface area (Å²) in [5.41, 5.74) is 6.24. The van der Waals surface area contributed by atoms with Crippen molar-refractivity contribution in [1.82, 2.24) is 19.4 Å². The molecule has 0 radical (unpaired) electrons. The van der Waals surface area contributed by atoms with Crippen LogP contribution in [0.2, 0.25) is 0 Å². The highest BCUT2D eigenvalue weighted by molar-refractivity contribution is 7.13. The minimum atomic E-state index is -3.80. The first-order valence-corrected chi connectivity index (χ1v) is 12.5. The lowest BCUT2D eigenvalue weighted by atomic mass is 9.90. The molecule has 37 heavy (non-hydrogen) atoms. The fourth-order valence-corrected chi connectivity index (χ4v) is 5.62. The number of phenols is 1. The number of thiazole rings is 1. The molecular weight excluding hydrogens is 513 g/mol. The van der Waals surface area contributed by atoms with E-state index in [0.29, 0.717) is 46.0 Å². The molecule has 10 nitrogen and oxygen atoms in total. The van der Waals surface area contributed by atoms with Crippen molar-refractivity contribution < 1.29 is 28.1 Å². The van der Waals surface area contributed by atoms with Crippen molar-refractivity contribution in [3.05, 3.63) is 62.9 Å². The van der Waals surface area contributed by atoms with Gasteiger partial charge in [-0.15, -0.1) is 11.3 Å². The number of benzene rings is 1. The molecule has 3 aromatic rings. The first-order chi connectivity index (χ1) is 17.6. The molecule has 0 spiro atoms. The number of alkyl halides is 2. The number of nitrogen functional groups attached to an aromatic ring is 1. The number of aromatic nitrogens is 3. The van der Waals surface area contributed by atoms with Gasteiger partial charge in [0.15, 0.2) is 16.7 Å². The number of phenolic OH excluding ortho intramolecular Hbond substituents is 1. The third kappa shape index (κ3) is 4.54. The molecule has 2 aromatic heterocycles. The summed E-state index contributed by atoms with van der Waals surface area (Å²) in [5, 5.41) is 26.2. The van der Waals surface area contributed by atoms with Gasteiger partial charge in [-0.1, -0.05) is 0 Å². The van der Waals surface area contributed by atoms with Crippen LogP contribution in [0, 0.1) is 5.82 Å². The standard InChI is InChI=1S/C23H25F3N6O4S/c1-2-28-21-29-14(10-37-21)18-12-8-15(33)13(24)7-11(12)3-5-31(18)9-16-19(34)23(25,26)20(36-16)32-6-4-17(27)30-22(32)35/h4,6-8,10,16,18-20,33-34H,2-3,5,9H2,1H3,(H,28,29)(H2,27,30,35)/t16-,18?,19-,20-/m1/s1. The van der Waals surface area contributed by atoms with Gasteiger partial charge in [0.05, 0.1) is 11.7 Å². The quantitative estimate of drug-likeness (QED) is 0.372. The molecule has 0 saturated carbocycles. The highest BCUT2D eigenvalue weighted by Crippen LogP contribution is 2.44. The van der Waals surface area contributed by atoms with Crippen molar-refractivity contribution in [2.75, 3.05) is 30.7 Å². The van der Waals surface area contributed by atoms with Crippen molar-refractivity contribution in [2.24, 2.45) is 0 Å². The Morgan fingerprint density at radius 2 is 2.14 bits per heavy atom. The fraction of sp³-hybridized carbons (Fsp3) is 0.435. The van der Waals surface area contributed by atoms with E-state index in [1.54, 1.807) is 10.3 Å². The van der Waals surface area contributed by atoms with Gasteiger partial charge < -0.3 is 26.0 Å². The number of aliphatic hydroxyl groups is 1. The zero-order chi connectivity index (χ0) is 26.5. The van der Waals surface area contributed by atoms with Crippen LogP contribution in [0.5, 0.6) is 5.75 Å². The Morgan fingerprint density at radius 3 is 2.86 bits per heavy atom. The topological polar surface area (TPSA) is 139 Å². The summed E-state index contributed by atoms with van der Waals surface area (Å²) in [6, 6.07) is 3.14. The van der Waals surface area contributed by atoms with Crippen LogP contribution < -0.4 is 16.7 Å². The monoisotopic (exact) mass is 538 g/mol. The second kappa shape index (κ2) is 9.59. The molecule has 0 bridgehead atoms. The van der Waals surface area contributed by atoms with E-state index in [4.69, 9.17) is 10.5 Å². The van der Waals surface area contributed by atoms with Crippen molar-refractivity contribution in [3.63, 3.8) is 0 Å². The number of anilines is 2. The van der Waals surface area contributed by atoms with Crippen molar-refractivity contribution >= 4 is 22.3 Å². The van der Waals surface area contributed by atoms with Gasteiger partial charge >= 0.3 is 11.6 Å². The van der Waals surface area contributed by atoms with Crippen molar-refractivity contribution in [2.45, 2.75) is 43.7 Å². The molecule has 1 aromatic carbocycles. The smallest absolute Gasteiger partial charge is 0.351 e. The lowest BCUT2D eigenvalue weighted by Gasteiger charge is -2.38. The fourth-order valence-electron chi connectivity index (χ4n) is 4.82. The second-order valence-electron chi connectivity index (χ2n) is 8.95. The summed E-state index contributed by atoms with van der Waals surface area (Å²) in [6.07, 6.45) is -4.26. The van der Waals surface area contributed by atoms with E-state index in [9.17, 15) is 19.4 Å². The SMILES string of the molecule is CCNc1nc(C2c3cc(O)c(F)cc3CCN2C[C@H]2O[C@@H](n3ccc(N)nc3=O)C(F)(F)[C@@H]2O)cs1. The number of halogens is 3. The summed E-state index contributed by atoms with van der Waals surface area (Å²) in [5.74, 6) is -5.21. The maximum absolute atomic E-state index is 15.1. The second-order valence-corrected chi connectivity index (χ2v) is 9.80. The predicted molar refractivity (Wildman–Crippen MR) is 129 cm³/mol. The van der Waals surface area contributed by atoms with E-state index in [-0.39, 0.29) is 12.4 Å². The van der Waals surface area contributed by atoms with Crippen LogP contribution in [0.3, 0.4) is 0 Å². The molecule has 5 N–H and O–H groups in total. The number of fused-ring (bicyclic) bond motifs is 1. The van der Waals surface area contributed by atoms with Crippen LogP contribution in [0.1, 0.15) is 36.0 Å². The summed E-state index contributed by atoms with van der Waals surface area (Å²) >= 11 is 1.35. The number of nitrogens with zero attached hydrogens (tertiary/aromatic N) is 4. The first kappa shape index (κ1) is 25.4. The maximum Gasteiger partial charge on any atom is 0.351 e. The number of hydrogen-bond acceptors (Lipinski definition) is 10. The van der Waals surface area contributed by atoms with Crippen LogP contribution in [-0.2, 0) is 11.2 Å². The molecule has 1 saturated heterocycles. The normalized spacial score (nSPS) is 25.2. The van der Waals surface area contributed by atoms with E-state index >= 15 is 8.78 Å². The van der Waals surface area contributed by atoms with Gasteiger partial charge in [-0.05, 0) is 42.7 Å². The van der Waals surface area contributed by atoms with Crippen molar-refractivity contribution in [1.29, 1.82) is 0 Å². The summed E-state index contributed by atoms with van der Waals surface area (Å²) in [7, 11) is 0. The highest BCUT2D eigenvalue weighted by atomic mass is 32.1. The van der Waals surface area contributed by atoms with Gasteiger partial charge in [0, 0.05) is 31.2 Å². The molecule has 4 heterocycles. The molecule has 198 valence electrons. The van der Waals surface area contributed by atoms with E-state index in [2.05, 4.69) is 15.3 Å². The van der Waals surface area contributed by atoms with E-state index in [1.165, 1.54) is 29.5 Å². The molecule has 14 heteroatoms. The van der Waals surface area contributed by atoms with Crippen LogP contribution in [0.4, 0.5) is 24.1 Å². The molecular formula is C23H25F3N6O4S. The largest absolute Gasteiger partial charge is 0.505 e. The molecule has 1 unspecified atom stereocenters. The van der Waals surface area contributed by atoms with E-state index in [0.717, 1.165) is 6.20 Å². The van der Waals surface area contributed by atoms with Gasteiger partial charge in [-0.3, -0.25) is 9.47 Å². The number of hydrogen-bond donors (Lipinski definition) is 4. The van der Waals surface area contributed by atoms with Crippen LogP contribution in [0.15, 0.2) is 34.6 Å².